The summed E-state index contributed by atoms with van der Waals surface area (Å²) in [5, 5.41) is 17.5. The summed E-state index contributed by atoms with van der Waals surface area (Å²) >= 11 is 0. The number of hydrogen-bond acceptors (Lipinski definition) is 4. The molecule has 0 unspecified atom stereocenters. The molecule has 0 atom stereocenters. The number of nitrogens with one attached hydrogen (secondary N) is 1. The van der Waals surface area contributed by atoms with Crippen LogP contribution in [0.5, 0.6) is 11.5 Å². The second-order valence-corrected chi connectivity index (χ2v) is 7.22. The Labute approximate surface area is 180 Å². The summed E-state index contributed by atoms with van der Waals surface area (Å²) in [5.74, 6) is 0.713. The summed E-state index contributed by atoms with van der Waals surface area (Å²) in [6, 6.07) is 21.5. The van der Waals surface area contributed by atoms with Crippen LogP contribution in [0.2, 0.25) is 0 Å². The molecular formula is C25H24FN3O2. The van der Waals surface area contributed by atoms with Crippen molar-refractivity contribution in [2.45, 2.75) is 13.0 Å². The molecule has 4 aromatic rings. The summed E-state index contributed by atoms with van der Waals surface area (Å²) in [6.07, 6.45) is 2.70. The first-order chi connectivity index (χ1) is 15.1. The zero-order valence-electron chi connectivity index (χ0n) is 17.3. The molecule has 0 amide bonds. The van der Waals surface area contributed by atoms with Crippen LogP contribution in [0.15, 0.2) is 79.0 Å². The number of rotatable bonds is 8. The van der Waals surface area contributed by atoms with Gasteiger partial charge in [-0.15, -0.1) is 0 Å². The van der Waals surface area contributed by atoms with Gasteiger partial charge in [-0.05, 0) is 67.1 Å². The smallest absolute Gasteiger partial charge is 0.148 e. The minimum atomic E-state index is -0.321. The fourth-order valence-electron chi connectivity index (χ4n) is 3.41. The van der Waals surface area contributed by atoms with Crippen molar-refractivity contribution in [1.82, 2.24) is 15.1 Å². The van der Waals surface area contributed by atoms with Gasteiger partial charge in [-0.2, -0.15) is 5.10 Å². The standard InChI is InChI=1S/C25H24FN3O2/c1-31-22-12-8-19(9-13-22)25-20(16-27-15-14-18-6-10-21(30)11-7-18)17-29(28-25)24-5-3-2-4-23(24)26/h2-13,17,27,30H,14-16H2,1H3. The van der Waals surface area contributed by atoms with E-state index in [2.05, 4.69) is 10.4 Å². The number of benzene rings is 3. The molecule has 0 saturated heterocycles. The first-order valence-electron chi connectivity index (χ1n) is 10.1. The lowest BCUT2D eigenvalue weighted by Crippen LogP contribution is -2.16. The molecule has 5 nitrogen and oxygen atoms in total. The molecular weight excluding hydrogens is 393 g/mol. The zero-order valence-corrected chi connectivity index (χ0v) is 17.3. The van der Waals surface area contributed by atoms with Gasteiger partial charge >= 0.3 is 0 Å². The van der Waals surface area contributed by atoms with Crippen molar-refractivity contribution in [1.29, 1.82) is 0 Å². The SMILES string of the molecule is COc1ccc(-c2nn(-c3ccccc3F)cc2CNCCc2ccc(O)cc2)cc1. The molecule has 1 heterocycles. The lowest BCUT2D eigenvalue weighted by atomic mass is 10.1. The third-order valence-electron chi connectivity index (χ3n) is 5.09. The molecule has 3 aromatic carbocycles. The summed E-state index contributed by atoms with van der Waals surface area (Å²) in [6.45, 7) is 1.35. The highest BCUT2D eigenvalue weighted by Crippen LogP contribution is 2.26. The molecule has 0 fully saturated rings. The molecule has 0 radical (unpaired) electrons. The van der Waals surface area contributed by atoms with Crippen LogP contribution in [0, 0.1) is 5.82 Å². The van der Waals surface area contributed by atoms with Crippen molar-refractivity contribution in [3.63, 3.8) is 0 Å². The molecule has 31 heavy (non-hydrogen) atoms. The lowest BCUT2D eigenvalue weighted by molar-refractivity contribution is 0.415. The van der Waals surface area contributed by atoms with Crippen LogP contribution >= 0.6 is 0 Å². The molecule has 6 heteroatoms. The van der Waals surface area contributed by atoms with Crippen molar-refractivity contribution < 1.29 is 14.2 Å². The van der Waals surface area contributed by atoms with E-state index in [1.165, 1.54) is 6.07 Å². The predicted octanol–water partition coefficient (Wildman–Crippen LogP) is 4.72. The molecule has 0 aliphatic carbocycles. The van der Waals surface area contributed by atoms with Crippen LogP contribution in [0.3, 0.4) is 0 Å². The monoisotopic (exact) mass is 417 g/mol. The Morgan fingerprint density at radius 3 is 2.45 bits per heavy atom. The van der Waals surface area contributed by atoms with Gasteiger partial charge in [0.2, 0.25) is 0 Å². The number of para-hydroxylation sites is 1. The van der Waals surface area contributed by atoms with E-state index in [1.54, 1.807) is 42.1 Å². The Kier molecular flexibility index (Phi) is 6.29. The largest absolute Gasteiger partial charge is 0.508 e. The third-order valence-corrected chi connectivity index (χ3v) is 5.09. The van der Waals surface area contributed by atoms with Gasteiger partial charge in [0.25, 0.3) is 0 Å². The Hall–Kier alpha value is -3.64. The van der Waals surface area contributed by atoms with E-state index in [0.29, 0.717) is 12.2 Å². The fraction of sp³-hybridized carbons (Fsp3) is 0.160. The first-order valence-corrected chi connectivity index (χ1v) is 10.1. The second kappa shape index (κ2) is 9.45. The van der Waals surface area contributed by atoms with Crippen molar-refractivity contribution in [2.75, 3.05) is 13.7 Å². The van der Waals surface area contributed by atoms with Gasteiger partial charge in [0.05, 0.1) is 12.8 Å². The van der Waals surface area contributed by atoms with Gasteiger partial charge in [-0.3, -0.25) is 0 Å². The van der Waals surface area contributed by atoms with Crippen molar-refractivity contribution in [3.05, 3.63) is 95.9 Å². The third kappa shape index (κ3) is 4.92. The first kappa shape index (κ1) is 20.6. The average molecular weight is 417 g/mol. The number of phenolic OH excluding ortho intramolecular Hbond substituents is 1. The highest BCUT2D eigenvalue weighted by Gasteiger charge is 2.14. The minimum absolute atomic E-state index is 0.265. The number of aromatic nitrogens is 2. The number of ether oxygens (including phenoxy) is 1. The highest BCUT2D eigenvalue weighted by atomic mass is 19.1. The van der Waals surface area contributed by atoms with Gasteiger partial charge in [0, 0.05) is 23.9 Å². The molecule has 2 N–H and O–H groups in total. The van der Waals surface area contributed by atoms with E-state index in [4.69, 9.17) is 4.74 Å². The predicted molar refractivity (Wildman–Crippen MR) is 119 cm³/mol. The number of halogens is 1. The van der Waals surface area contributed by atoms with E-state index in [0.717, 1.165) is 41.1 Å². The summed E-state index contributed by atoms with van der Waals surface area (Å²) < 4.78 is 21.2. The molecule has 0 aliphatic rings. The van der Waals surface area contributed by atoms with E-state index in [9.17, 15) is 9.50 Å². The van der Waals surface area contributed by atoms with Crippen LogP contribution in [-0.2, 0) is 13.0 Å². The normalized spacial score (nSPS) is 10.9. The van der Waals surface area contributed by atoms with E-state index in [-0.39, 0.29) is 11.6 Å². The fourth-order valence-corrected chi connectivity index (χ4v) is 3.41. The highest BCUT2D eigenvalue weighted by molar-refractivity contribution is 5.64. The maximum Gasteiger partial charge on any atom is 0.148 e. The summed E-state index contributed by atoms with van der Waals surface area (Å²) in [7, 11) is 1.63. The molecule has 0 aliphatic heterocycles. The molecule has 4 rings (SSSR count). The van der Waals surface area contributed by atoms with E-state index < -0.39 is 0 Å². The number of hydrogen-bond donors (Lipinski definition) is 2. The van der Waals surface area contributed by atoms with Crippen LogP contribution in [0.1, 0.15) is 11.1 Å². The summed E-state index contributed by atoms with van der Waals surface area (Å²) in [4.78, 5) is 0. The zero-order chi connectivity index (χ0) is 21.6. The molecule has 158 valence electrons. The van der Waals surface area contributed by atoms with E-state index >= 15 is 0 Å². The number of methoxy groups -OCH3 is 1. The van der Waals surface area contributed by atoms with Crippen LogP contribution < -0.4 is 10.1 Å². The van der Waals surface area contributed by atoms with Crippen molar-refractivity contribution in [2.24, 2.45) is 0 Å². The van der Waals surface area contributed by atoms with Gasteiger partial charge in [0.1, 0.15) is 23.0 Å². The van der Waals surface area contributed by atoms with Crippen LogP contribution in [0.25, 0.3) is 16.9 Å². The summed E-state index contributed by atoms with van der Waals surface area (Å²) in [5.41, 5.74) is 4.25. The Bertz CT molecular complexity index is 1140. The van der Waals surface area contributed by atoms with Crippen molar-refractivity contribution in [3.8, 4) is 28.4 Å². The maximum absolute atomic E-state index is 14.3. The topological polar surface area (TPSA) is 59.3 Å². The van der Waals surface area contributed by atoms with Gasteiger partial charge < -0.3 is 15.2 Å². The molecule has 0 bridgehead atoms. The number of phenols is 1. The van der Waals surface area contributed by atoms with E-state index in [1.807, 2.05) is 42.6 Å². The molecule has 0 spiro atoms. The van der Waals surface area contributed by atoms with Crippen molar-refractivity contribution >= 4 is 0 Å². The average Bonchev–Trinajstić information content (AvgIpc) is 3.22. The van der Waals surface area contributed by atoms with Gasteiger partial charge in [-0.25, -0.2) is 9.07 Å². The quantitative estimate of drug-likeness (QED) is 0.407. The van der Waals surface area contributed by atoms with Crippen LogP contribution in [-0.4, -0.2) is 28.5 Å². The molecule has 1 aromatic heterocycles. The van der Waals surface area contributed by atoms with Gasteiger partial charge in [-0.1, -0.05) is 24.3 Å². The minimum Gasteiger partial charge on any atom is -0.508 e. The second-order valence-electron chi connectivity index (χ2n) is 7.22. The Balaban J connectivity index is 1.55. The molecule has 0 saturated carbocycles. The number of nitrogens with zero attached hydrogens (tertiary/aromatic N) is 2. The lowest BCUT2D eigenvalue weighted by Gasteiger charge is -2.06. The Morgan fingerprint density at radius 2 is 1.74 bits per heavy atom. The van der Waals surface area contributed by atoms with Crippen LogP contribution in [0.4, 0.5) is 4.39 Å². The Morgan fingerprint density at radius 1 is 1.00 bits per heavy atom. The van der Waals surface area contributed by atoms with Gasteiger partial charge in [0.15, 0.2) is 0 Å². The number of aromatic hydroxyl groups is 1. The maximum atomic E-state index is 14.3.